The van der Waals surface area contributed by atoms with Crippen LogP contribution in [0, 0.1) is 18.8 Å². The van der Waals surface area contributed by atoms with E-state index in [0.717, 1.165) is 18.4 Å². The van der Waals surface area contributed by atoms with Gasteiger partial charge in [-0.3, -0.25) is 4.79 Å². The van der Waals surface area contributed by atoms with Gasteiger partial charge < -0.3 is 5.11 Å². The average Bonchev–Trinajstić information content (AvgIpc) is 2.18. The van der Waals surface area contributed by atoms with Gasteiger partial charge in [0.15, 0.2) is 0 Å². The monoisotopic (exact) mass is 232 g/mol. The molecule has 92 valence electrons. The molecule has 0 bridgehead atoms. The molecule has 0 radical (unpaired) electrons. The predicted octanol–water partition coefficient (Wildman–Crippen LogP) is 3.38. The van der Waals surface area contributed by atoms with Crippen LogP contribution in [0.4, 0.5) is 0 Å². The van der Waals surface area contributed by atoms with Crippen molar-refractivity contribution in [1.29, 1.82) is 0 Å². The van der Waals surface area contributed by atoms with Crippen LogP contribution >= 0.6 is 0 Å². The molecule has 2 heteroatoms. The van der Waals surface area contributed by atoms with E-state index in [2.05, 4.69) is 13.8 Å². The number of hydrogen-bond donors (Lipinski definition) is 1. The van der Waals surface area contributed by atoms with Gasteiger partial charge >= 0.3 is 5.97 Å². The highest BCUT2D eigenvalue weighted by Gasteiger charge is 2.52. The maximum absolute atomic E-state index is 11.6. The van der Waals surface area contributed by atoms with Gasteiger partial charge in [-0.1, -0.05) is 43.7 Å². The van der Waals surface area contributed by atoms with E-state index >= 15 is 0 Å². The summed E-state index contributed by atoms with van der Waals surface area (Å²) in [5.74, 6) is 0.457. The van der Waals surface area contributed by atoms with E-state index in [1.165, 1.54) is 5.56 Å². The molecule has 1 aliphatic rings. The van der Waals surface area contributed by atoms with Crippen molar-refractivity contribution in [1.82, 2.24) is 0 Å². The second kappa shape index (κ2) is 4.17. The van der Waals surface area contributed by atoms with Gasteiger partial charge in [0, 0.05) is 0 Å². The smallest absolute Gasteiger partial charge is 0.314 e. The van der Waals surface area contributed by atoms with Gasteiger partial charge in [-0.05, 0) is 37.2 Å². The SMILES string of the molecule is Cc1ccc(C2(C(=O)O)CC(C(C)C)C2)cc1. The topological polar surface area (TPSA) is 37.3 Å². The van der Waals surface area contributed by atoms with Crippen molar-refractivity contribution in [3.63, 3.8) is 0 Å². The minimum atomic E-state index is -0.668. The minimum absolute atomic E-state index is 0.549. The molecule has 0 aromatic heterocycles. The van der Waals surface area contributed by atoms with E-state index in [9.17, 15) is 9.90 Å². The normalized spacial score (nSPS) is 27.9. The molecule has 1 saturated carbocycles. The quantitative estimate of drug-likeness (QED) is 0.867. The van der Waals surface area contributed by atoms with Crippen LogP contribution in [0.3, 0.4) is 0 Å². The molecule has 0 spiro atoms. The van der Waals surface area contributed by atoms with Crippen LogP contribution in [0.15, 0.2) is 24.3 Å². The molecule has 1 aromatic carbocycles. The molecule has 0 unspecified atom stereocenters. The van der Waals surface area contributed by atoms with Crippen LogP contribution < -0.4 is 0 Å². The third kappa shape index (κ3) is 1.97. The van der Waals surface area contributed by atoms with Gasteiger partial charge in [-0.15, -0.1) is 0 Å². The van der Waals surface area contributed by atoms with E-state index < -0.39 is 11.4 Å². The number of benzene rings is 1. The fourth-order valence-electron chi connectivity index (χ4n) is 2.71. The van der Waals surface area contributed by atoms with E-state index in [4.69, 9.17) is 0 Å². The van der Waals surface area contributed by atoms with Crippen molar-refractivity contribution < 1.29 is 9.90 Å². The third-order valence-corrected chi connectivity index (χ3v) is 4.18. The number of hydrogen-bond acceptors (Lipinski definition) is 1. The second-order valence-electron chi connectivity index (χ2n) is 5.67. The van der Waals surface area contributed by atoms with Gasteiger partial charge in [0.1, 0.15) is 0 Å². The first-order valence-electron chi connectivity index (χ1n) is 6.26. The average molecular weight is 232 g/mol. The lowest BCUT2D eigenvalue weighted by molar-refractivity contribution is -0.150. The maximum Gasteiger partial charge on any atom is 0.314 e. The first-order valence-corrected chi connectivity index (χ1v) is 6.26. The molecule has 1 fully saturated rings. The summed E-state index contributed by atoms with van der Waals surface area (Å²) >= 11 is 0. The first kappa shape index (κ1) is 12.2. The molecular weight excluding hydrogens is 212 g/mol. The van der Waals surface area contributed by atoms with E-state index in [0.29, 0.717) is 11.8 Å². The van der Waals surface area contributed by atoms with E-state index in [-0.39, 0.29) is 0 Å². The van der Waals surface area contributed by atoms with Crippen LogP contribution in [0.1, 0.15) is 37.8 Å². The van der Waals surface area contributed by atoms with Crippen molar-refractivity contribution in [3.8, 4) is 0 Å². The molecule has 2 rings (SSSR count). The van der Waals surface area contributed by atoms with Crippen molar-refractivity contribution >= 4 is 5.97 Å². The van der Waals surface area contributed by atoms with Gasteiger partial charge in [0.25, 0.3) is 0 Å². The lowest BCUT2D eigenvalue weighted by atomic mass is 9.56. The summed E-state index contributed by atoms with van der Waals surface area (Å²) in [7, 11) is 0. The Balaban J connectivity index is 2.26. The summed E-state index contributed by atoms with van der Waals surface area (Å²) in [5, 5.41) is 9.51. The second-order valence-corrected chi connectivity index (χ2v) is 5.67. The van der Waals surface area contributed by atoms with E-state index in [1.807, 2.05) is 31.2 Å². The van der Waals surface area contributed by atoms with Crippen LogP contribution in [-0.4, -0.2) is 11.1 Å². The molecule has 0 heterocycles. The standard InChI is InChI=1S/C15H20O2/c1-10(2)12-8-15(9-12,14(16)17)13-6-4-11(3)5-7-13/h4-7,10,12H,8-9H2,1-3H3,(H,16,17). The summed E-state index contributed by atoms with van der Waals surface area (Å²) in [6, 6.07) is 7.95. The molecule has 0 aliphatic heterocycles. The molecule has 1 N–H and O–H groups in total. The largest absolute Gasteiger partial charge is 0.481 e. The van der Waals surface area contributed by atoms with Gasteiger partial charge in [-0.2, -0.15) is 0 Å². The number of carboxylic acid groups (broad SMARTS) is 1. The fraction of sp³-hybridized carbons (Fsp3) is 0.533. The summed E-state index contributed by atoms with van der Waals surface area (Å²) in [6.07, 6.45) is 1.56. The Morgan fingerprint density at radius 1 is 1.29 bits per heavy atom. The Hall–Kier alpha value is -1.31. The summed E-state index contributed by atoms with van der Waals surface area (Å²) in [5.41, 5.74) is 1.52. The molecule has 0 saturated heterocycles. The highest BCUT2D eigenvalue weighted by atomic mass is 16.4. The van der Waals surface area contributed by atoms with Crippen molar-refractivity contribution in [2.24, 2.45) is 11.8 Å². The van der Waals surface area contributed by atoms with Gasteiger partial charge in [0.05, 0.1) is 5.41 Å². The van der Waals surface area contributed by atoms with Gasteiger partial charge in [-0.25, -0.2) is 0 Å². The molecule has 2 nitrogen and oxygen atoms in total. The molecule has 1 aromatic rings. The first-order chi connectivity index (χ1) is 7.95. The van der Waals surface area contributed by atoms with Crippen LogP contribution in [0.2, 0.25) is 0 Å². The van der Waals surface area contributed by atoms with E-state index in [1.54, 1.807) is 0 Å². The zero-order valence-electron chi connectivity index (χ0n) is 10.7. The molecule has 1 aliphatic carbocycles. The zero-order valence-corrected chi connectivity index (χ0v) is 10.7. The van der Waals surface area contributed by atoms with Crippen molar-refractivity contribution in [3.05, 3.63) is 35.4 Å². The molecule has 17 heavy (non-hydrogen) atoms. The van der Waals surface area contributed by atoms with Crippen molar-refractivity contribution in [2.75, 3.05) is 0 Å². The lowest BCUT2D eigenvalue weighted by Crippen LogP contribution is -2.49. The predicted molar refractivity (Wildman–Crippen MR) is 68.1 cm³/mol. The van der Waals surface area contributed by atoms with Crippen LogP contribution in [-0.2, 0) is 10.2 Å². The number of carboxylic acids is 1. The highest BCUT2D eigenvalue weighted by Crippen LogP contribution is 2.50. The Morgan fingerprint density at radius 3 is 2.24 bits per heavy atom. The van der Waals surface area contributed by atoms with Crippen molar-refractivity contribution in [2.45, 2.75) is 39.0 Å². The molecule has 0 atom stereocenters. The number of rotatable bonds is 3. The molecule has 0 amide bonds. The van der Waals surface area contributed by atoms with Crippen LogP contribution in [0.5, 0.6) is 0 Å². The Kier molecular flexibility index (Phi) is 2.98. The minimum Gasteiger partial charge on any atom is -0.481 e. The maximum atomic E-state index is 11.6. The number of aliphatic carboxylic acids is 1. The summed E-state index contributed by atoms with van der Waals surface area (Å²) < 4.78 is 0. The Morgan fingerprint density at radius 2 is 1.82 bits per heavy atom. The lowest BCUT2D eigenvalue weighted by Gasteiger charge is -2.46. The molecular formula is C15H20O2. The number of carbonyl (C=O) groups is 1. The fourth-order valence-corrected chi connectivity index (χ4v) is 2.71. The van der Waals surface area contributed by atoms with Gasteiger partial charge in [0.2, 0.25) is 0 Å². The Bertz CT molecular complexity index is 411. The highest BCUT2D eigenvalue weighted by molar-refractivity contribution is 5.82. The summed E-state index contributed by atoms with van der Waals surface area (Å²) in [6.45, 7) is 6.37. The summed E-state index contributed by atoms with van der Waals surface area (Å²) in [4.78, 5) is 11.6. The third-order valence-electron chi connectivity index (χ3n) is 4.18. The number of aryl methyl sites for hydroxylation is 1. The Labute approximate surface area is 103 Å². The van der Waals surface area contributed by atoms with Crippen LogP contribution in [0.25, 0.3) is 0 Å². The zero-order chi connectivity index (χ0) is 12.6.